The summed E-state index contributed by atoms with van der Waals surface area (Å²) in [5, 5.41) is 3.19. The van der Waals surface area contributed by atoms with E-state index in [-0.39, 0.29) is 22.6 Å². The number of amides is 1. The first-order chi connectivity index (χ1) is 11.5. The first kappa shape index (κ1) is 14.6. The van der Waals surface area contributed by atoms with Crippen LogP contribution in [0.5, 0.6) is 0 Å². The Morgan fingerprint density at radius 3 is 2.46 bits per heavy atom. The molecular weight excluding hydrogens is 309 g/mol. The number of fused-ring (bicyclic) bond motifs is 2. The minimum atomic E-state index is -0.629. The smallest absolute Gasteiger partial charge is 0.288 e. The average Bonchev–Trinajstić information content (AvgIpc) is 2.90. The maximum absolute atomic E-state index is 13.1. The molecular formula is C19H14FNO3. The summed E-state index contributed by atoms with van der Waals surface area (Å²) in [4.78, 5) is 25.2. The largest absolute Gasteiger partial charge is 0.450 e. The van der Waals surface area contributed by atoms with E-state index < -0.39 is 11.9 Å². The number of nitrogens with one attached hydrogen (secondary N) is 1. The second kappa shape index (κ2) is 5.03. The molecule has 120 valence electrons. The third kappa shape index (κ3) is 1.98. The van der Waals surface area contributed by atoms with E-state index in [1.54, 1.807) is 18.2 Å². The Morgan fingerprint density at radius 2 is 1.75 bits per heavy atom. The Hall–Kier alpha value is -2.95. The topological polar surface area (TPSA) is 59.3 Å². The molecule has 0 spiro atoms. The van der Waals surface area contributed by atoms with Gasteiger partial charge >= 0.3 is 0 Å². The van der Waals surface area contributed by atoms with E-state index >= 15 is 0 Å². The normalized spacial score (nSPS) is 16.3. The third-order valence-electron chi connectivity index (χ3n) is 4.59. The van der Waals surface area contributed by atoms with Crippen molar-refractivity contribution in [1.29, 1.82) is 0 Å². The van der Waals surface area contributed by atoms with Gasteiger partial charge in [0, 0.05) is 0 Å². The molecule has 4 rings (SSSR count). The molecule has 1 aliphatic heterocycles. The summed E-state index contributed by atoms with van der Waals surface area (Å²) in [6, 6.07) is 8.66. The quantitative estimate of drug-likeness (QED) is 0.747. The Kier molecular flexibility index (Phi) is 3.06. The summed E-state index contributed by atoms with van der Waals surface area (Å²) < 4.78 is 18.9. The van der Waals surface area contributed by atoms with E-state index in [0.717, 1.165) is 11.1 Å². The van der Waals surface area contributed by atoms with Crippen molar-refractivity contribution in [3.8, 4) is 0 Å². The Labute approximate surface area is 136 Å². The van der Waals surface area contributed by atoms with Crippen LogP contribution in [-0.2, 0) is 0 Å². The Bertz CT molecular complexity index is 1050. The fourth-order valence-electron chi connectivity index (χ4n) is 3.11. The number of carbonyl (C=O) groups is 1. The molecule has 24 heavy (non-hydrogen) atoms. The number of hydrogen-bond acceptors (Lipinski definition) is 3. The van der Waals surface area contributed by atoms with Crippen LogP contribution in [0.25, 0.3) is 11.0 Å². The number of aryl methyl sites for hydroxylation is 2. The molecule has 3 aromatic rings. The van der Waals surface area contributed by atoms with Gasteiger partial charge in [0.25, 0.3) is 5.91 Å². The number of halogens is 1. The standard InChI is InChI=1S/C19H14FNO3/c1-9-3-8-13-16(22)14-15(11-4-6-12(20)7-5-11)21-19(23)18(14)24-17(13)10(9)2/h3-8,15H,1-2H3,(H,21,23). The molecule has 0 radical (unpaired) electrons. The predicted molar refractivity (Wildman–Crippen MR) is 87.7 cm³/mol. The monoisotopic (exact) mass is 323 g/mol. The van der Waals surface area contributed by atoms with Crippen LogP contribution in [0.4, 0.5) is 4.39 Å². The van der Waals surface area contributed by atoms with Crippen molar-refractivity contribution >= 4 is 16.9 Å². The molecule has 0 saturated heterocycles. The molecule has 2 aromatic carbocycles. The minimum Gasteiger partial charge on any atom is -0.450 e. The zero-order valence-electron chi connectivity index (χ0n) is 13.1. The van der Waals surface area contributed by atoms with Gasteiger partial charge in [-0.3, -0.25) is 9.59 Å². The van der Waals surface area contributed by atoms with Gasteiger partial charge in [-0.25, -0.2) is 4.39 Å². The maximum atomic E-state index is 13.1. The lowest BCUT2D eigenvalue weighted by Gasteiger charge is -2.12. The molecule has 1 unspecified atom stereocenters. The minimum absolute atomic E-state index is 0.0375. The van der Waals surface area contributed by atoms with Crippen LogP contribution >= 0.6 is 0 Å². The predicted octanol–water partition coefficient (Wildman–Crippen LogP) is 3.38. The second-order valence-electron chi connectivity index (χ2n) is 6.02. The number of hydrogen-bond donors (Lipinski definition) is 1. The SMILES string of the molecule is Cc1ccc2c(=O)c3c(oc2c1C)C(=O)NC3c1ccc(F)cc1. The molecule has 5 heteroatoms. The molecule has 2 heterocycles. The van der Waals surface area contributed by atoms with Crippen molar-refractivity contribution in [2.75, 3.05) is 0 Å². The van der Waals surface area contributed by atoms with Crippen LogP contribution < -0.4 is 10.7 Å². The summed E-state index contributed by atoms with van der Waals surface area (Å²) >= 11 is 0. The molecule has 1 amide bonds. The van der Waals surface area contributed by atoms with Gasteiger partial charge in [-0.05, 0) is 48.7 Å². The lowest BCUT2D eigenvalue weighted by molar-refractivity contribution is 0.0938. The summed E-state index contributed by atoms with van der Waals surface area (Å²) in [5.74, 6) is -0.769. The first-order valence-corrected chi connectivity index (χ1v) is 7.60. The molecule has 0 fully saturated rings. The molecule has 1 aliphatic rings. The fraction of sp³-hybridized carbons (Fsp3) is 0.158. The van der Waals surface area contributed by atoms with E-state index in [2.05, 4.69) is 5.32 Å². The summed E-state index contributed by atoms with van der Waals surface area (Å²) in [7, 11) is 0. The van der Waals surface area contributed by atoms with E-state index in [4.69, 9.17) is 4.42 Å². The molecule has 0 bridgehead atoms. The highest BCUT2D eigenvalue weighted by Gasteiger charge is 2.36. The van der Waals surface area contributed by atoms with Crippen molar-refractivity contribution in [3.63, 3.8) is 0 Å². The van der Waals surface area contributed by atoms with Crippen molar-refractivity contribution in [2.24, 2.45) is 0 Å². The van der Waals surface area contributed by atoms with Gasteiger partial charge < -0.3 is 9.73 Å². The van der Waals surface area contributed by atoms with Gasteiger partial charge in [-0.15, -0.1) is 0 Å². The van der Waals surface area contributed by atoms with Crippen LogP contribution in [0.1, 0.15) is 38.9 Å². The summed E-state index contributed by atoms with van der Waals surface area (Å²) in [5.41, 5.74) is 2.95. The van der Waals surface area contributed by atoms with Gasteiger partial charge in [0.05, 0.1) is 17.0 Å². The lowest BCUT2D eigenvalue weighted by Crippen LogP contribution is -2.21. The van der Waals surface area contributed by atoms with Crippen LogP contribution in [0.3, 0.4) is 0 Å². The zero-order chi connectivity index (χ0) is 17.0. The van der Waals surface area contributed by atoms with E-state index in [1.807, 2.05) is 19.9 Å². The van der Waals surface area contributed by atoms with Crippen LogP contribution in [-0.4, -0.2) is 5.91 Å². The average molecular weight is 323 g/mol. The van der Waals surface area contributed by atoms with E-state index in [9.17, 15) is 14.0 Å². The highest BCUT2D eigenvalue weighted by atomic mass is 19.1. The molecule has 1 atom stereocenters. The van der Waals surface area contributed by atoms with Crippen molar-refractivity contribution in [3.05, 3.63) is 80.5 Å². The lowest BCUT2D eigenvalue weighted by atomic mass is 9.98. The van der Waals surface area contributed by atoms with Crippen LogP contribution in [0, 0.1) is 19.7 Å². The molecule has 4 nitrogen and oxygen atoms in total. The van der Waals surface area contributed by atoms with Gasteiger partial charge in [0.1, 0.15) is 11.4 Å². The Balaban J connectivity index is 2.01. The molecule has 0 saturated carbocycles. The van der Waals surface area contributed by atoms with Gasteiger partial charge in [0.15, 0.2) is 5.43 Å². The second-order valence-corrected chi connectivity index (χ2v) is 6.02. The first-order valence-electron chi connectivity index (χ1n) is 7.60. The number of benzene rings is 2. The Morgan fingerprint density at radius 1 is 1.04 bits per heavy atom. The number of rotatable bonds is 1. The van der Waals surface area contributed by atoms with E-state index in [0.29, 0.717) is 16.5 Å². The third-order valence-corrected chi connectivity index (χ3v) is 4.59. The van der Waals surface area contributed by atoms with Crippen molar-refractivity contribution < 1.29 is 13.6 Å². The van der Waals surface area contributed by atoms with Crippen molar-refractivity contribution in [1.82, 2.24) is 5.32 Å². The van der Waals surface area contributed by atoms with Crippen LogP contribution in [0.15, 0.2) is 45.6 Å². The van der Waals surface area contributed by atoms with E-state index in [1.165, 1.54) is 12.1 Å². The molecule has 0 aliphatic carbocycles. The van der Waals surface area contributed by atoms with Gasteiger partial charge in [0.2, 0.25) is 5.76 Å². The maximum Gasteiger partial charge on any atom is 0.288 e. The molecule has 1 N–H and O–H groups in total. The molecule has 1 aromatic heterocycles. The number of carbonyl (C=O) groups excluding carboxylic acids is 1. The zero-order valence-corrected chi connectivity index (χ0v) is 13.1. The van der Waals surface area contributed by atoms with Gasteiger partial charge in [-0.1, -0.05) is 18.2 Å². The van der Waals surface area contributed by atoms with Crippen LogP contribution in [0.2, 0.25) is 0 Å². The fourth-order valence-corrected chi connectivity index (χ4v) is 3.11. The highest BCUT2D eigenvalue weighted by Crippen LogP contribution is 2.32. The van der Waals surface area contributed by atoms with Crippen molar-refractivity contribution in [2.45, 2.75) is 19.9 Å². The highest BCUT2D eigenvalue weighted by molar-refractivity contribution is 5.99. The van der Waals surface area contributed by atoms with Gasteiger partial charge in [-0.2, -0.15) is 0 Å². The summed E-state index contributed by atoms with van der Waals surface area (Å²) in [6.45, 7) is 3.78. The summed E-state index contributed by atoms with van der Waals surface area (Å²) in [6.07, 6.45) is 0.